The maximum atomic E-state index is 10.3. The minimum Gasteiger partial charge on any atom is -0.501 e. The molecule has 14 heteroatoms. The fraction of sp³-hybridized carbons (Fsp3) is 0.347. The Hall–Kier alpha value is -7.00. The molecule has 1 aliphatic carbocycles. The van der Waals surface area contributed by atoms with Gasteiger partial charge in [-0.2, -0.15) is 10.5 Å². The molecule has 318 valence electrons. The monoisotopic (exact) mass is 840 g/mol. The Morgan fingerprint density at radius 2 is 1.49 bits per heavy atom. The van der Waals surface area contributed by atoms with Crippen LogP contribution in [0, 0.1) is 35.5 Å². The van der Waals surface area contributed by atoms with Gasteiger partial charge in [0.05, 0.1) is 60.8 Å². The second kappa shape index (κ2) is 16.7. The van der Waals surface area contributed by atoms with Crippen LogP contribution in [0.1, 0.15) is 61.5 Å². The quantitative estimate of drug-likeness (QED) is 0.135. The van der Waals surface area contributed by atoms with Crippen molar-refractivity contribution in [3.63, 3.8) is 0 Å². The molecule has 8 heterocycles. The number of nitrogens with one attached hydrogen (secondary N) is 2. The fourth-order valence-corrected chi connectivity index (χ4v) is 9.35. The average molecular weight is 841 g/mol. The predicted molar refractivity (Wildman–Crippen MR) is 241 cm³/mol. The Balaban J connectivity index is 0.960. The van der Waals surface area contributed by atoms with Gasteiger partial charge in [-0.25, -0.2) is 19.9 Å². The second-order valence-electron chi connectivity index (χ2n) is 16.8. The van der Waals surface area contributed by atoms with Gasteiger partial charge in [-0.3, -0.25) is 4.90 Å². The lowest BCUT2D eigenvalue weighted by Crippen LogP contribution is -2.39. The summed E-state index contributed by atoms with van der Waals surface area (Å²) in [6.45, 7) is 7.92. The van der Waals surface area contributed by atoms with Gasteiger partial charge in [0.15, 0.2) is 22.9 Å². The van der Waals surface area contributed by atoms with Crippen LogP contribution in [0.5, 0.6) is 17.2 Å². The molecule has 14 nitrogen and oxygen atoms in total. The van der Waals surface area contributed by atoms with Crippen LogP contribution in [-0.2, 0) is 11.4 Å². The molecule has 6 aromatic heterocycles. The Morgan fingerprint density at radius 3 is 2.24 bits per heavy atom. The third-order valence-electron chi connectivity index (χ3n) is 12.9. The normalized spacial score (nSPS) is 17.7. The summed E-state index contributed by atoms with van der Waals surface area (Å²) in [5.74, 6) is 3.04. The largest absolute Gasteiger partial charge is 0.501 e. The van der Waals surface area contributed by atoms with Gasteiger partial charge in [0.25, 0.3) is 0 Å². The van der Waals surface area contributed by atoms with Crippen molar-refractivity contribution < 1.29 is 18.9 Å². The van der Waals surface area contributed by atoms with Gasteiger partial charge in [-0.1, -0.05) is 25.1 Å². The summed E-state index contributed by atoms with van der Waals surface area (Å²) in [5.41, 5.74) is 8.61. The molecule has 2 aliphatic heterocycles. The van der Waals surface area contributed by atoms with Crippen molar-refractivity contribution in [2.75, 3.05) is 40.4 Å². The first-order valence-corrected chi connectivity index (χ1v) is 21.6. The van der Waals surface area contributed by atoms with E-state index < -0.39 is 0 Å². The van der Waals surface area contributed by atoms with E-state index in [2.05, 4.69) is 79.1 Å². The number of aryl methyl sites for hydroxylation is 1. The number of allylic oxidation sites excluding steroid dienone is 4. The van der Waals surface area contributed by atoms with Crippen LogP contribution in [0.2, 0.25) is 0 Å². The lowest BCUT2D eigenvalue weighted by Gasteiger charge is -2.32. The molecular weight excluding hydrogens is 793 g/mol. The second-order valence-corrected chi connectivity index (χ2v) is 16.8. The Bertz CT molecular complexity index is 3070. The molecule has 0 amide bonds. The van der Waals surface area contributed by atoms with Crippen molar-refractivity contribution >= 4 is 49.4 Å². The first-order valence-electron chi connectivity index (χ1n) is 21.6. The third-order valence-corrected chi connectivity index (χ3v) is 12.9. The van der Waals surface area contributed by atoms with E-state index in [1.807, 2.05) is 31.5 Å². The zero-order valence-electron chi connectivity index (χ0n) is 35.9. The maximum absolute atomic E-state index is 10.3. The third kappa shape index (κ3) is 7.35. The van der Waals surface area contributed by atoms with E-state index >= 15 is 0 Å². The Morgan fingerprint density at radius 1 is 0.778 bits per heavy atom. The van der Waals surface area contributed by atoms with Crippen LogP contribution >= 0.6 is 0 Å². The zero-order valence-corrected chi connectivity index (χ0v) is 35.9. The first kappa shape index (κ1) is 40.1. The number of piperidine rings is 2. The van der Waals surface area contributed by atoms with E-state index in [1.165, 1.54) is 0 Å². The maximum Gasteiger partial charge on any atom is 0.183 e. The minimum atomic E-state index is -0.150. The van der Waals surface area contributed by atoms with E-state index in [0.717, 1.165) is 136 Å². The molecule has 1 atom stereocenters. The van der Waals surface area contributed by atoms with Crippen LogP contribution < -0.4 is 19.5 Å². The van der Waals surface area contributed by atoms with Crippen molar-refractivity contribution in [3.8, 4) is 40.5 Å². The van der Waals surface area contributed by atoms with Crippen LogP contribution in [-0.4, -0.2) is 87.0 Å². The standard InChI is InChI=1S/C49H48N10O4/c1-28-5-7-30(19-42(28)60-3)32-17-36-44-40(57-48(36)55-23-32)25-53-38(21-50)46(44)63-35-11-15-58(16-12-35)27-59-41-26-54-39(22-51)47(62-34-9-13-52-14-10-34)45(41)37-18-33(24-56-49(37)59)31-8-6-29(2)43(20-31)61-4/h5,7-8,17-20,23-26,29,34-35,52H,6,9-16,27H2,1-4H3,(H,55,57). The highest BCUT2D eigenvalue weighted by Crippen LogP contribution is 2.41. The first-order chi connectivity index (χ1) is 30.8. The number of benzene rings is 1. The van der Waals surface area contributed by atoms with Gasteiger partial charge in [-0.05, 0) is 93.1 Å². The number of aromatic nitrogens is 6. The van der Waals surface area contributed by atoms with Crippen molar-refractivity contribution in [3.05, 3.63) is 95.5 Å². The molecule has 2 saturated heterocycles. The average Bonchev–Trinajstić information content (AvgIpc) is 3.85. The van der Waals surface area contributed by atoms with Crippen LogP contribution in [0.25, 0.3) is 60.6 Å². The highest BCUT2D eigenvalue weighted by molar-refractivity contribution is 6.12. The topological polar surface area (TPSA) is 172 Å². The van der Waals surface area contributed by atoms with E-state index in [4.69, 9.17) is 28.9 Å². The summed E-state index contributed by atoms with van der Waals surface area (Å²) in [6.07, 6.45) is 15.4. The molecular formula is C49H48N10O4. The fourth-order valence-electron chi connectivity index (χ4n) is 9.35. The molecule has 2 fully saturated rings. The van der Waals surface area contributed by atoms with E-state index in [-0.39, 0.29) is 23.6 Å². The number of nitriles is 2. The number of fused-ring (bicyclic) bond motifs is 6. The highest BCUT2D eigenvalue weighted by atomic mass is 16.5. The number of rotatable bonds is 10. The number of hydrogen-bond donors (Lipinski definition) is 2. The number of likely N-dealkylation sites (tertiary alicyclic amines) is 1. The molecule has 0 bridgehead atoms. The lowest BCUT2D eigenvalue weighted by atomic mass is 9.93. The molecule has 63 heavy (non-hydrogen) atoms. The van der Waals surface area contributed by atoms with Crippen molar-refractivity contribution in [1.82, 2.24) is 39.7 Å². The van der Waals surface area contributed by atoms with Crippen LogP contribution in [0.3, 0.4) is 0 Å². The summed E-state index contributed by atoms with van der Waals surface area (Å²) in [5, 5.41) is 27.4. The van der Waals surface area contributed by atoms with Crippen molar-refractivity contribution in [2.45, 2.75) is 64.8 Å². The van der Waals surface area contributed by atoms with Crippen LogP contribution in [0.4, 0.5) is 0 Å². The highest BCUT2D eigenvalue weighted by Gasteiger charge is 2.29. The van der Waals surface area contributed by atoms with Gasteiger partial charge in [0, 0.05) is 53.3 Å². The molecule has 7 aromatic rings. The molecule has 3 aliphatic rings. The predicted octanol–water partition coefficient (Wildman–Crippen LogP) is 8.32. The van der Waals surface area contributed by atoms with Gasteiger partial charge < -0.3 is 33.8 Å². The summed E-state index contributed by atoms with van der Waals surface area (Å²) >= 11 is 0. The van der Waals surface area contributed by atoms with Gasteiger partial charge in [0.2, 0.25) is 0 Å². The number of pyridine rings is 4. The smallest absolute Gasteiger partial charge is 0.183 e. The number of aromatic amines is 1. The SMILES string of the molecule is COC1=CC(c2cnc3c(c2)c2c(OC4CCNCC4)c(C#N)ncc2n3CN2CCC(Oc3c(C#N)ncc4[nH]c5ncc(-c6ccc(C)c(OC)c6)cc5c34)CC2)=CCC1C. The molecule has 0 spiro atoms. The molecule has 0 saturated carbocycles. The van der Waals surface area contributed by atoms with Gasteiger partial charge in [-0.15, -0.1) is 0 Å². The van der Waals surface area contributed by atoms with Gasteiger partial charge >= 0.3 is 0 Å². The lowest BCUT2D eigenvalue weighted by molar-refractivity contribution is 0.0859. The van der Waals surface area contributed by atoms with Crippen molar-refractivity contribution in [2.24, 2.45) is 5.92 Å². The van der Waals surface area contributed by atoms with Crippen molar-refractivity contribution in [1.29, 1.82) is 10.5 Å². The number of hydrogen-bond acceptors (Lipinski definition) is 12. The Kier molecular flexibility index (Phi) is 10.6. The number of H-pyrrole nitrogens is 1. The summed E-state index contributed by atoms with van der Waals surface area (Å²) in [4.78, 5) is 24.8. The van der Waals surface area contributed by atoms with Gasteiger partial charge in [0.1, 0.15) is 41.4 Å². The van der Waals surface area contributed by atoms with E-state index in [1.54, 1.807) is 26.6 Å². The minimum absolute atomic E-state index is 0.0310. The summed E-state index contributed by atoms with van der Waals surface area (Å²) < 4.78 is 27.1. The van der Waals surface area contributed by atoms with Crippen LogP contribution in [0.15, 0.2) is 73.0 Å². The summed E-state index contributed by atoms with van der Waals surface area (Å²) in [6, 6.07) is 15.0. The van der Waals surface area contributed by atoms with E-state index in [0.29, 0.717) is 29.7 Å². The zero-order chi connectivity index (χ0) is 43.2. The summed E-state index contributed by atoms with van der Waals surface area (Å²) in [7, 11) is 3.39. The molecule has 10 rings (SSSR count). The molecule has 0 radical (unpaired) electrons. The molecule has 2 N–H and O–H groups in total. The molecule has 1 unspecified atom stereocenters. The number of ether oxygens (including phenoxy) is 4. The Labute approximate surface area is 364 Å². The number of nitrogens with zero attached hydrogens (tertiary/aromatic N) is 8. The van der Waals surface area contributed by atoms with E-state index in [9.17, 15) is 10.5 Å². The number of methoxy groups -OCH3 is 2. The molecule has 1 aromatic carbocycles.